The molecule has 1 aliphatic rings. The van der Waals surface area contributed by atoms with Gasteiger partial charge in [-0.25, -0.2) is 0 Å². The molecule has 0 amide bonds. The standard InChI is InChI=1S/C14H29N3O/c1-7-8-9-16-12(15-5)17-11-10-14(4,18-6)13(11,2)3/h11H,7-10H2,1-6H3,(H2,15,16,17). The van der Waals surface area contributed by atoms with Crippen molar-refractivity contribution < 1.29 is 4.74 Å². The highest BCUT2D eigenvalue weighted by molar-refractivity contribution is 5.80. The summed E-state index contributed by atoms with van der Waals surface area (Å²) in [5.41, 5.74) is 0.0804. The fraction of sp³-hybridized carbons (Fsp3) is 0.929. The van der Waals surface area contributed by atoms with Gasteiger partial charge >= 0.3 is 0 Å². The van der Waals surface area contributed by atoms with Crippen molar-refractivity contribution in [1.29, 1.82) is 0 Å². The highest BCUT2D eigenvalue weighted by atomic mass is 16.5. The minimum absolute atomic E-state index is 0.0348. The van der Waals surface area contributed by atoms with Crippen LogP contribution in [0.5, 0.6) is 0 Å². The van der Waals surface area contributed by atoms with Crippen LogP contribution in [0.3, 0.4) is 0 Å². The first kappa shape index (κ1) is 15.3. The molecule has 0 radical (unpaired) electrons. The molecule has 0 aromatic rings. The molecule has 0 aromatic carbocycles. The molecule has 2 atom stereocenters. The molecule has 4 heteroatoms. The van der Waals surface area contributed by atoms with Gasteiger partial charge in [0.25, 0.3) is 0 Å². The van der Waals surface area contributed by atoms with Crippen LogP contribution in [0.1, 0.15) is 47.0 Å². The lowest BCUT2D eigenvalue weighted by atomic mass is 9.56. The van der Waals surface area contributed by atoms with E-state index in [4.69, 9.17) is 4.74 Å². The van der Waals surface area contributed by atoms with Gasteiger partial charge in [-0.1, -0.05) is 27.2 Å². The Balaban J connectivity index is 2.49. The monoisotopic (exact) mass is 255 g/mol. The maximum atomic E-state index is 5.63. The first-order valence-corrected chi connectivity index (χ1v) is 6.93. The number of nitrogens with one attached hydrogen (secondary N) is 2. The van der Waals surface area contributed by atoms with Crippen LogP contribution in [-0.4, -0.2) is 38.3 Å². The molecule has 1 aliphatic carbocycles. The van der Waals surface area contributed by atoms with Crippen molar-refractivity contribution in [3.8, 4) is 0 Å². The molecular weight excluding hydrogens is 226 g/mol. The van der Waals surface area contributed by atoms with Crippen LogP contribution in [0.15, 0.2) is 4.99 Å². The van der Waals surface area contributed by atoms with Gasteiger partial charge in [-0.15, -0.1) is 0 Å². The molecule has 0 aliphatic heterocycles. The van der Waals surface area contributed by atoms with Crippen LogP contribution in [0.2, 0.25) is 0 Å². The van der Waals surface area contributed by atoms with E-state index >= 15 is 0 Å². The second-order valence-electron chi connectivity index (χ2n) is 5.91. The minimum Gasteiger partial charge on any atom is -0.378 e. The van der Waals surface area contributed by atoms with E-state index in [-0.39, 0.29) is 11.0 Å². The number of ether oxygens (including phenoxy) is 1. The Hall–Kier alpha value is -0.770. The van der Waals surface area contributed by atoms with Crippen molar-refractivity contribution in [2.45, 2.75) is 58.6 Å². The Morgan fingerprint density at radius 1 is 1.39 bits per heavy atom. The Kier molecular flexibility index (Phi) is 5.02. The number of hydrogen-bond acceptors (Lipinski definition) is 2. The van der Waals surface area contributed by atoms with E-state index in [9.17, 15) is 0 Å². The van der Waals surface area contributed by atoms with Crippen molar-refractivity contribution >= 4 is 5.96 Å². The third kappa shape index (κ3) is 2.79. The summed E-state index contributed by atoms with van der Waals surface area (Å²) in [6.07, 6.45) is 3.39. The summed E-state index contributed by atoms with van der Waals surface area (Å²) in [4.78, 5) is 4.27. The SMILES string of the molecule is CCCCNC(=NC)NC1CC(C)(OC)C1(C)C. The summed E-state index contributed by atoms with van der Waals surface area (Å²) in [6, 6.07) is 0.412. The number of rotatable bonds is 5. The number of methoxy groups -OCH3 is 1. The molecule has 0 spiro atoms. The number of guanidine groups is 1. The van der Waals surface area contributed by atoms with Crippen molar-refractivity contribution in [2.24, 2.45) is 10.4 Å². The molecule has 4 nitrogen and oxygen atoms in total. The Labute approximate surface area is 112 Å². The van der Waals surface area contributed by atoms with E-state index in [1.807, 2.05) is 7.05 Å². The quantitative estimate of drug-likeness (QED) is 0.449. The normalized spacial score (nSPS) is 30.8. The first-order chi connectivity index (χ1) is 8.41. The molecule has 0 saturated heterocycles. The zero-order valence-corrected chi connectivity index (χ0v) is 12.8. The van der Waals surface area contributed by atoms with Gasteiger partial charge in [-0.3, -0.25) is 4.99 Å². The van der Waals surface area contributed by atoms with Crippen molar-refractivity contribution in [2.75, 3.05) is 20.7 Å². The van der Waals surface area contributed by atoms with Gasteiger partial charge in [-0.2, -0.15) is 0 Å². The molecule has 1 rings (SSSR count). The summed E-state index contributed by atoms with van der Waals surface area (Å²) in [7, 11) is 3.62. The molecule has 0 bridgehead atoms. The summed E-state index contributed by atoms with van der Waals surface area (Å²) in [5.74, 6) is 0.902. The average Bonchev–Trinajstić information content (AvgIpc) is 2.36. The topological polar surface area (TPSA) is 45.7 Å². The van der Waals surface area contributed by atoms with Gasteiger partial charge in [0.1, 0.15) is 0 Å². The molecule has 18 heavy (non-hydrogen) atoms. The van der Waals surface area contributed by atoms with E-state index in [2.05, 4.69) is 43.3 Å². The Bertz CT molecular complexity index is 301. The zero-order chi connectivity index (χ0) is 13.8. The molecule has 0 heterocycles. The third-order valence-electron chi connectivity index (χ3n) is 4.64. The van der Waals surface area contributed by atoms with Gasteiger partial charge in [0.05, 0.1) is 5.60 Å². The molecule has 106 valence electrons. The van der Waals surface area contributed by atoms with E-state index in [0.29, 0.717) is 6.04 Å². The maximum Gasteiger partial charge on any atom is 0.191 e. The summed E-state index contributed by atoms with van der Waals surface area (Å²) in [5, 5.41) is 6.85. The van der Waals surface area contributed by atoms with Crippen LogP contribution in [-0.2, 0) is 4.74 Å². The minimum atomic E-state index is -0.0348. The van der Waals surface area contributed by atoms with Crippen molar-refractivity contribution in [1.82, 2.24) is 10.6 Å². The number of nitrogens with zero attached hydrogens (tertiary/aromatic N) is 1. The van der Waals surface area contributed by atoms with Crippen molar-refractivity contribution in [3.05, 3.63) is 0 Å². The van der Waals surface area contributed by atoms with Crippen LogP contribution in [0, 0.1) is 5.41 Å². The van der Waals surface area contributed by atoms with Gasteiger partial charge in [0, 0.05) is 32.2 Å². The number of unbranched alkanes of at least 4 members (excludes halogenated alkanes) is 1. The second-order valence-corrected chi connectivity index (χ2v) is 5.91. The van der Waals surface area contributed by atoms with Crippen LogP contribution >= 0.6 is 0 Å². The fourth-order valence-corrected chi connectivity index (χ4v) is 2.47. The third-order valence-corrected chi connectivity index (χ3v) is 4.64. The summed E-state index contributed by atoms with van der Waals surface area (Å²) >= 11 is 0. The van der Waals surface area contributed by atoms with Crippen molar-refractivity contribution in [3.63, 3.8) is 0 Å². The zero-order valence-electron chi connectivity index (χ0n) is 12.8. The number of hydrogen-bond donors (Lipinski definition) is 2. The summed E-state index contributed by atoms with van der Waals surface area (Å²) in [6.45, 7) is 9.84. The first-order valence-electron chi connectivity index (χ1n) is 6.93. The maximum absolute atomic E-state index is 5.63. The Morgan fingerprint density at radius 2 is 2.06 bits per heavy atom. The van der Waals surface area contributed by atoms with Gasteiger partial charge in [0.15, 0.2) is 5.96 Å². The fourth-order valence-electron chi connectivity index (χ4n) is 2.47. The Morgan fingerprint density at radius 3 is 2.50 bits per heavy atom. The predicted molar refractivity (Wildman–Crippen MR) is 77.0 cm³/mol. The molecule has 1 saturated carbocycles. The molecular formula is C14H29N3O. The second kappa shape index (κ2) is 5.91. The lowest BCUT2D eigenvalue weighted by Crippen LogP contribution is -2.69. The molecule has 2 N–H and O–H groups in total. The lowest BCUT2D eigenvalue weighted by Gasteiger charge is -2.59. The van der Waals surface area contributed by atoms with E-state index in [0.717, 1.165) is 18.9 Å². The van der Waals surface area contributed by atoms with Crippen LogP contribution < -0.4 is 10.6 Å². The van der Waals surface area contributed by atoms with Gasteiger partial charge in [-0.05, 0) is 19.8 Å². The highest BCUT2D eigenvalue weighted by Gasteiger charge is 2.57. The molecule has 1 fully saturated rings. The average molecular weight is 255 g/mol. The molecule has 0 aromatic heterocycles. The van der Waals surface area contributed by atoms with E-state index in [1.165, 1.54) is 12.8 Å². The van der Waals surface area contributed by atoms with Crippen LogP contribution in [0.4, 0.5) is 0 Å². The highest BCUT2D eigenvalue weighted by Crippen LogP contribution is 2.51. The largest absolute Gasteiger partial charge is 0.378 e. The molecule has 2 unspecified atom stereocenters. The van der Waals surface area contributed by atoms with Gasteiger partial charge < -0.3 is 15.4 Å². The summed E-state index contributed by atoms with van der Waals surface area (Å²) < 4.78 is 5.63. The van der Waals surface area contributed by atoms with E-state index < -0.39 is 0 Å². The lowest BCUT2D eigenvalue weighted by molar-refractivity contribution is -0.176. The predicted octanol–water partition coefficient (Wildman–Crippen LogP) is 2.16. The van der Waals surface area contributed by atoms with Crippen LogP contribution in [0.25, 0.3) is 0 Å². The van der Waals surface area contributed by atoms with E-state index in [1.54, 1.807) is 7.11 Å². The van der Waals surface area contributed by atoms with Gasteiger partial charge in [0.2, 0.25) is 0 Å². The number of aliphatic imine (C=N–C) groups is 1. The smallest absolute Gasteiger partial charge is 0.191 e.